The molecule has 1 aliphatic heterocycles. The Morgan fingerprint density at radius 1 is 1.57 bits per heavy atom. The van der Waals surface area contributed by atoms with Gasteiger partial charge in [0, 0.05) is 24.8 Å². The van der Waals surface area contributed by atoms with E-state index in [9.17, 15) is 9.18 Å². The summed E-state index contributed by atoms with van der Waals surface area (Å²) >= 11 is 0. The number of amides is 1. The molecule has 0 aliphatic carbocycles. The number of morpholine rings is 1. The number of ether oxygens (including phenoxy) is 1. The van der Waals surface area contributed by atoms with E-state index in [0.717, 1.165) is 0 Å². The van der Waals surface area contributed by atoms with Crippen LogP contribution in [0.25, 0.3) is 0 Å². The molecular formula is C15H22FN3O2. The summed E-state index contributed by atoms with van der Waals surface area (Å²) in [5.41, 5.74) is 7.11. The van der Waals surface area contributed by atoms with Crippen LogP contribution in [0.1, 0.15) is 19.4 Å². The van der Waals surface area contributed by atoms with E-state index in [1.165, 1.54) is 12.1 Å². The van der Waals surface area contributed by atoms with Gasteiger partial charge in [-0.25, -0.2) is 4.39 Å². The number of anilines is 1. The third kappa shape index (κ3) is 4.15. The quantitative estimate of drug-likeness (QED) is 0.817. The first-order valence-corrected chi connectivity index (χ1v) is 7.13. The maximum atomic E-state index is 13.4. The van der Waals surface area contributed by atoms with E-state index in [0.29, 0.717) is 37.6 Å². The number of halogens is 1. The normalized spacial score (nSPS) is 19.7. The van der Waals surface area contributed by atoms with Crippen molar-refractivity contribution in [1.82, 2.24) is 10.2 Å². The summed E-state index contributed by atoms with van der Waals surface area (Å²) in [5.74, 6) is -0.393. The van der Waals surface area contributed by atoms with Gasteiger partial charge in [-0.05, 0) is 37.6 Å². The predicted molar refractivity (Wildman–Crippen MR) is 79.1 cm³/mol. The maximum absolute atomic E-state index is 13.4. The van der Waals surface area contributed by atoms with E-state index in [-0.39, 0.29) is 23.8 Å². The van der Waals surface area contributed by atoms with Crippen LogP contribution in [0.3, 0.4) is 0 Å². The number of hydrogen-bond acceptors (Lipinski definition) is 4. The van der Waals surface area contributed by atoms with E-state index in [2.05, 4.69) is 5.32 Å². The summed E-state index contributed by atoms with van der Waals surface area (Å²) < 4.78 is 18.7. The van der Waals surface area contributed by atoms with Gasteiger partial charge in [-0.1, -0.05) is 0 Å². The lowest BCUT2D eigenvalue weighted by molar-refractivity contribution is -0.133. The third-order valence-electron chi connectivity index (χ3n) is 3.45. The van der Waals surface area contributed by atoms with Crippen LogP contribution in [0.5, 0.6) is 0 Å². The molecule has 0 spiro atoms. The largest absolute Gasteiger partial charge is 0.398 e. The molecule has 0 saturated carbocycles. The van der Waals surface area contributed by atoms with Crippen LogP contribution in [-0.4, -0.2) is 42.6 Å². The molecule has 1 fully saturated rings. The minimum atomic E-state index is -0.371. The number of carbonyl (C=O) groups is 1. The lowest BCUT2D eigenvalue weighted by Gasteiger charge is -2.35. The highest BCUT2D eigenvalue weighted by Crippen LogP contribution is 2.19. The molecule has 116 valence electrons. The van der Waals surface area contributed by atoms with Crippen LogP contribution in [-0.2, 0) is 16.1 Å². The first kappa shape index (κ1) is 15.7. The smallest absolute Gasteiger partial charge is 0.239 e. The summed E-state index contributed by atoms with van der Waals surface area (Å²) in [6.45, 7) is 5.77. The fourth-order valence-corrected chi connectivity index (χ4v) is 2.38. The Balaban J connectivity index is 2.11. The van der Waals surface area contributed by atoms with Crippen molar-refractivity contribution in [3.63, 3.8) is 0 Å². The molecule has 0 bridgehead atoms. The Labute approximate surface area is 124 Å². The third-order valence-corrected chi connectivity index (χ3v) is 3.45. The monoisotopic (exact) mass is 295 g/mol. The molecule has 1 atom stereocenters. The van der Waals surface area contributed by atoms with Crippen LogP contribution in [0.4, 0.5) is 10.1 Å². The van der Waals surface area contributed by atoms with E-state index in [4.69, 9.17) is 10.5 Å². The van der Waals surface area contributed by atoms with Gasteiger partial charge < -0.3 is 15.8 Å². The first-order valence-electron chi connectivity index (χ1n) is 7.13. The molecule has 0 radical (unpaired) electrons. The van der Waals surface area contributed by atoms with E-state index in [1.807, 2.05) is 18.7 Å². The van der Waals surface area contributed by atoms with Gasteiger partial charge in [0.25, 0.3) is 0 Å². The van der Waals surface area contributed by atoms with E-state index in [1.54, 1.807) is 6.07 Å². The van der Waals surface area contributed by atoms with Crippen LogP contribution < -0.4 is 11.1 Å². The molecule has 1 unspecified atom stereocenters. The lowest BCUT2D eigenvalue weighted by Crippen LogP contribution is -2.54. The van der Waals surface area contributed by atoms with Crippen molar-refractivity contribution in [3.8, 4) is 0 Å². The highest BCUT2D eigenvalue weighted by Gasteiger charge is 2.30. The van der Waals surface area contributed by atoms with Crippen molar-refractivity contribution < 1.29 is 13.9 Å². The highest BCUT2D eigenvalue weighted by atomic mass is 19.1. The zero-order chi connectivity index (χ0) is 15.4. The number of nitrogen functional groups attached to an aromatic ring is 1. The molecule has 21 heavy (non-hydrogen) atoms. The van der Waals surface area contributed by atoms with Gasteiger partial charge in [-0.15, -0.1) is 0 Å². The molecule has 1 saturated heterocycles. The predicted octanol–water partition coefficient (Wildman–Crippen LogP) is 1.13. The van der Waals surface area contributed by atoms with Gasteiger partial charge in [0.2, 0.25) is 5.91 Å². The summed E-state index contributed by atoms with van der Waals surface area (Å²) in [6, 6.07) is 4.00. The average Bonchev–Trinajstić information content (AvgIpc) is 2.42. The standard InChI is InChI=1S/C15H22FN3O2/c1-10(2)18-15(20)14-9-21-6-5-19(14)8-11-7-12(16)3-4-13(11)17/h3-4,7,10,14H,5-6,8-9,17H2,1-2H3,(H,18,20). The Morgan fingerprint density at radius 3 is 3.05 bits per heavy atom. The van der Waals surface area contributed by atoms with Gasteiger partial charge in [0.1, 0.15) is 11.9 Å². The molecule has 1 amide bonds. The number of carbonyl (C=O) groups excluding carboxylic acids is 1. The first-order chi connectivity index (χ1) is 9.97. The van der Waals surface area contributed by atoms with Gasteiger partial charge in [0.15, 0.2) is 0 Å². The number of nitrogens with two attached hydrogens (primary N) is 1. The number of benzene rings is 1. The van der Waals surface area contributed by atoms with Gasteiger partial charge in [0.05, 0.1) is 13.2 Å². The topological polar surface area (TPSA) is 67.6 Å². The molecular weight excluding hydrogens is 273 g/mol. The van der Waals surface area contributed by atoms with Crippen molar-refractivity contribution in [2.45, 2.75) is 32.5 Å². The Bertz CT molecular complexity index is 508. The van der Waals surface area contributed by atoms with Crippen molar-refractivity contribution in [1.29, 1.82) is 0 Å². The van der Waals surface area contributed by atoms with Crippen molar-refractivity contribution in [2.75, 3.05) is 25.5 Å². The zero-order valence-electron chi connectivity index (χ0n) is 12.4. The Hall–Kier alpha value is -1.66. The molecule has 1 aromatic rings. The number of rotatable bonds is 4. The van der Waals surface area contributed by atoms with Crippen LogP contribution in [0, 0.1) is 5.82 Å². The molecule has 6 heteroatoms. The fraction of sp³-hybridized carbons (Fsp3) is 0.533. The highest BCUT2D eigenvalue weighted by molar-refractivity contribution is 5.82. The summed E-state index contributed by atoms with van der Waals surface area (Å²) in [5, 5.41) is 2.89. The molecule has 2 rings (SSSR count). The number of nitrogens with zero attached hydrogens (tertiary/aromatic N) is 1. The minimum absolute atomic E-state index is 0.0697. The van der Waals surface area contributed by atoms with Crippen molar-refractivity contribution >= 4 is 11.6 Å². The summed E-state index contributed by atoms with van der Waals surface area (Å²) in [7, 11) is 0. The second-order valence-electron chi connectivity index (χ2n) is 5.57. The van der Waals surface area contributed by atoms with E-state index < -0.39 is 0 Å². The maximum Gasteiger partial charge on any atom is 0.239 e. The van der Waals surface area contributed by atoms with Gasteiger partial charge in [-0.2, -0.15) is 0 Å². The van der Waals surface area contributed by atoms with Crippen LogP contribution in [0.2, 0.25) is 0 Å². The molecule has 3 N–H and O–H groups in total. The lowest BCUT2D eigenvalue weighted by atomic mass is 10.1. The number of nitrogens with one attached hydrogen (secondary N) is 1. The number of hydrogen-bond donors (Lipinski definition) is 2. The molecule has 1 aliphatic rings. The molecule has 5 nitrogen and oxygen atoms in total. The SMILES string of the molecule is CC(C)NC(=O)C1COCCN1Cc1cc(F)ccc1N. The second-order valence-corrected chi connectivity index (χ2v) is 5.57. The summed E-state index contributed by atoms with van der Waals surface area (Å²) in [4.78, 5) is 14.2. The molecule has 1 aromatic carbocycles. The zero-order valence-corrected chi connectivity index (χ0v) is 12.4. The van der Waals surface area contributed by atoms with Crippen molar-refractivity contribution in [3.05, 3.63) is 29.6 Å². The molecule has 0 aromatic heterocycles. The fourth-order valence-electron chi connectivity index (χ4n) is 2.38. The van der Waals surface area contributed by atoms with Gasteiger partial charge in [-0.3, -0.25) is 9.69 Å². The average molecular weight is 295 g/mol. The summed E-state index contributed by atoms with van der Waals surface area (Å²) in [6.07, 6.45) is 0. The second kappa shape index (κ2) is 6.87. The minimum Gasteiger partial charge on any atom is -0.398 e. The van der Waals surface area contributed by atoms with Crippen LogP contribution in [0.15, 0.2) is 18.2 Å². The van der Waals surface area contributed by atoms with Crippen LogP contribution >= 0.6 is 0 Å². The van der Waals surface area contributed by atoms with Gasteiger partial charge >= 0.3 is 0 Å². The Morgan fingerprint density at radius 2 is 2.33 bits per heavy atom. The van der Waals surface area contributed by atoms with Crippen molar-refractivity contribution in [2.24, 2.45) is 0 Å². The van der Waals surface area contributed by atoms with E-state index >= 15 is 0 Å². The Kier molecular flexibility index (Phi) is 5.14. The molecule has 1 heterocycles.